The van der Waals surface area contributed by atoms with Gasteiger partial charge in [0.05, 0.1) is 19.1 Å². The number of nitrogens with zero attached hydrogens (tertiary/aromatic N) is 2. The highest BCUT2D eigenvalue weighted by molar-refractivity contribution is 7.92. The molecule has 0 saturated carbocycles. The number of hydrogen-bond acceptors (Lipinski definition) is 5. The maximum absolute atomic E-state index is 14.0. The predicted octanol–water partition coefficient (Wildman–Crippen LogP) is 4.28. The van der Waals surface area contributed by atoms with Crippen LogP contribution in [0.15, 0.2) is 78.9 Å². The zero-order valence-electron chi connectivity index (χ0n) is 22.5. The van der Waals surface area contributed by atoms with E-state index in [0.717, 1.165) is 16.1 Å². The molecule has 10 heteroatoms. The number of hydrogen-bond donors (Lipinski definition) is 1. The molecular weight excluding hydrogens is 538 g/mol. The fourth-order valence-corrected chi connectivity index (χ4v) is 5.15. The molecule has 0 fully saturated rings. The number of ether oxygens (including phenoxy) is 1. The minimum absolute atomic E-state index is 0.0156. The van der Waals surface area contributed by atoms with Crippen LogP contribution in [-0.2, 0) is 32.6 Å². The van der Waals surface area contributed by atoms with Gasteiger partial charge in [-0.05, 0) is 55.3 Å². The number of carbonyl (C=O) groups is 2. The molecule has 0 unspecified atom stereocenters. The van der Waals surface area contributed by atoms with Gasteiger partial charge in [0.2, 0.25) is 21.8 Å². The molecule has 0 bridgehead atoms. The van der Waals surface area contributed by atoms with Gasteiger partial charge in [-0.15, -0.1) is 0 Å². The van der Waals surface area contributed by atoms with Crippen LogP contribution in [0.3, 0.4) is 0 Å². The molecule has 1 N–H and O–H groups in total. The van der Waals surface area contributed by atoms with Crippen molar-refractivity contribution in [2.24, 2.45) is 0 Å². The van der Waals surface area contributed by atoms with Crippen molar-refractivity contribution < 1.29 is 22.7 Å². The third-order valence-corrected chi connectivity index (χ3v) is 7.55. The SMILES string of the molecule is COc1ccc(N(CC(=O)N(Cc2ccccc2Cl)[C@H](Cc2ccccc2)C(=O)NC(C)C)S(C)(=O)=O)cc1. The quantitative estimate of drug-likeness (QED) is 0.350. The van der Waals surface area contributed by atoms with E-state index in [2.05, 4.69) is 5.32 Å². The summed E-state index contributed by atoms with van der Waals surface area (Å²) in [5, 5.41) is 3.35. The summed E-state index contributed by atoms with van der Waals surface area (Å²) in [7, 11) is -2.34. The normalized spacial score (nSPS) is 12.1. The highest BCUT2D eigenvalue weighted by Crippen LogP contribution is 2.24. The van der Waals surface area contributed by atoms with Crippen LogP contribution < -0.4 is 14.4 Å². The molecule has 0 aliphatic rings. The van der Waals surface area contributed by atoms with Gasteiger partial charge >= 0.3 is 0 Å². The second kappa shape index (κ2) is 13.5. The molecule has 0 heterocycles. The van der Waals surface area contributed by atoms with E-state index in [-0.39, 0.29) is 24.9 Å². The molecule has 8 nitrogen and oxygen atoms in total. The molecule has 0 spiro atoms. The smallest absolute Gasteiger partial charge is 0.244 e. The van der Waals surface area contributed by atoms with E-state index in [0.29, 0.717) is 22.0 Å². The first kappa shape index (κ1) is 30.0. The van der Waals surface area contributed by atoms with Gasteiger partial charge in [-0.2, -0.15) is 0 Å². The van der Waals surface area contributed by atoms with E-state index in [4.69, 9.17) is 16.3 Å². The molecule has 0 aliphatic carbocycles. The topological polar surface area (TPSA) is 96.0 Å². The molecule has 3 rings (SSSR count). The fraction of sp³-hybridized carbons (Fsp3) is 0.310. The van der Waals surface area contributed by atoms with Crippen molar-refractivity contribution in [1.82, 2.24) is 10.2 Å². The number of amides is 2. The first-order valence-electron chi connectivity index (χ1n) is 12.5. The standard InChI is InChI=1S/C29H34ClN3O5S/c1-21(2)31-29(35)27(18-22-10-6-5-7-11-22)32(19-23-12-8-9-13-26(23)30)28(34)20-33(39(4,36)37)24-14-16-25(38-3)17-15-24/h5-17,21,27H,18-20H2,1-4H3,(H,31,35)/t27-/m1/s1. The van der Waals surface area contributed by atoms with Crippen LogP contribution >= 0.6 is 11.6 Å². The molecule has 39 heavy (non-hydrogen) atoms. The molecule has 3 aromatic carbocycles. The average molecular weight is 572 g/mol. The van der Waals surface area contributed by atoms with E-state index in [9.17, 15) is 18.0 Å². The van der Waals surface area contributed by atoms with Crippen LogP contribution in [0.2, 0.25) is 5.02 Å². The van der Waals surface area contributed by atoms with Gasteiger partial charge in [-0.3, -0.25) is 13.9 Å². The van der Waals surface area contributed by atoms with Crippen LogP contribution in [0, 0.1) is 0 Å². The fourth-order valence-electron chi connectivity index (χ4n) is 4.11. The molecule has 208 valence electrons. The molecule has 3 aromatic rings. The average Bonchev–Trinajstić information content (AvgIpc) is 2.89. The van der Waals surface area contributed by atoms with Gasteiger partial charge in [0, 0.05) is 24.0 Å². The first-order chi connectivity index (χ1) is 18.5. The van der Waals surface area contributed by atoms with E-state index in [1.807, 2.05) is 44.2 Å². The van der Waals surface area contributed by atoms with Crippen molar-refractivity contribution in [1.29, 1.82) is 0 Å². The number of halogens is 1. The largest absolute Gasteiger partial charge is 0.497 e. The molecular formula is C29H34ClN3O5S. The molecule has 2 amide bonds. The number of sulfonamides is 1. The van der Waals surface area contributed by atoms with Gasteiger partial charge in [-0.25, -0.2) is 8.42 Å². The van der Waals surface area contributed by atoms with E-state index in [1.54, 1.807) is 48.5 Å². The lowest BCUT2D eigenvalue weighted by atomic mass is 10.0. The van der Waals surface area contributed by atoms with Gasteiger partial charge < -0.3 is 15.0 Å². The first-order valence-corrected chi connectivity index (χ1v) is 14.7. The van der Waals surface area contributed by atoms with E-state index < -0.39 is 28.5 Å². The van der Waals surface area contributed by atoms with Crippen LogP contribution in [-0.4, -0.2) is 57.1 Å². The molecule has 0 radical (unpaired) electrons. The van der Waals surface area contributed by atoms with Crippen molar-refractivity contribution in [3.05, 3.63) is 95.0 Å². The summed E-state index contributed by atoms with van der Waals surface area (Å²) in [4.78, 5) is 28.9. The Morgan fingerprint density at radius 3 is 2.13 bits per heavy atom. The Morgan fingerprint density at radius 1 is 0.949 bits per heavy atom. The van der Waals surface area contributed by atoms with Crippen LogP contribution in [0.4, 0.5) is 5.69 Å². The minimum Gasteiger partial charge on any atom is -0.497 e. The summed E-state index contributed by atoms with van der Waals surface area (Å²) in [5.74, 6) is -0.340. The Kier molecular flexibility index (Phi) is 10.4. The van der Waals surface area contributed by atoms with E-state index in [1.165, 1.54) is 12.0 Å². The van der Waals surface area contributed by atoms with Crippen molar-refractivity contribution in [3.63, 3.8) is 0 Å². The number of nitrogens with one attached hydrogen (secondary N) is 1. The van der Waals surface area contributed by atoms with Crippen molar-refractivity contribution >= 4 is 39.1 Å². The minimum atomic E-state index is -3.85. The van der Waals surface area contributed by atoms with Gasteiger partial charge in [0.15, 0.2) is 0 Å². The Balaban J connectivity index is 2.05. The zero-order chi connectivity index (χ0) is 28.6. The van der Waals surface area contributed by atoms with Gasteiger partial charge in [-0.1, -0.05) is 60.1 Å². The zero-order valence-corrected chi connectivity index (χ0v) is 24.1. The summed E-state index contributed by atoms with van der Waals surface area (Å²) >= 11 is 6.45. The molecule has 1 atom stereocenters. The summed E-state index contributed by atoms with van der Waals surface area (Å²) in [6.45, 7) is 3.19. The third-order valence-electron chi connectivity index (χ3n) is 6.04. The van der Waals surface area contributed by atoms with Crippen LogP contribution in [0.25, 0.3) is 0 Å². The van der Waals surface area contributed by atoms with E-state index >= 15 is 0 Å². The maximum atomic E-state index is 14.0. The Bertz CT molecular complexity index is 1370. The predicted molar refractivity (Wildman–Crippen MR) is 154 cm³/mol. The van der Waals surface area contributed by atoms with Gasteiger partial charge in [0.1, 0.15) is 18.3 Å². The second-order valence-corrected chi connectivity index (χ2v) is 11.8. The molecule has 0 aromatic heterocycles. The number of methoxy groups -OCH3 is 1. The van der Waals surface area contributed by atoms with Crippen molar-refractivity contribution in [2.45, 2.75) is 38.9 Å². The maximum Gasteiger partial charge on any atom is 0.244 e. The lowest BCUT2D eigenvalue weighted by molar-refractivity contribution is -0.140. The van der Waals surface area contributed by atoms with Crippen molar-refractivity contribution in [3.8, 4) is 5.75 Å². The molecule has 0 saturated heterocycles. The Morgan fingerprint density at radius 2 is 1.56 bits per heavy atom. The lowest BCUT2D eigenvalue weighted by Gasteiger charge is -2.34. The number of anilines is 1. The Labute approximate surface area is 235 Å². The van der Waals surface area contributed by atoms with Crippen LogP contribution in [0.1, 0.15) is 25.0 Å². The summed E-state index contributed by atoms with van der Waals surface area (Å²) in [5.41, 5.74) is 1.79. The third kappa shape index (κ3) is 8.46. The molecule has 0 aliphatic heterocycles. The number of rotatable bonds is 12. The summed E-state index contributed by atoms with van der Waals surface area (Å²) in [6.07, 6.45) is 1.27. The monoisotopic (exact) mass is 571 g/mol. The highest BCUT2D eigenvalue weighted by atomic mass is 35.5. The second-order valence-electron chi connectivity index (χ2n) is 9.45. The summed E-state index contributed by atoms with van der Waals surface area (Å²) < 4.78 is 31.8. The number of benzene rings is 3. The number of carbonyl (C=O) groups excluding carboxylic acids is 2. The van der Waals surface area contributed by atoms with Gasteiger partial charge in [0.25, 0.3) is 0 Å². The Hall–Kier alpha value is -3.56. The summed E-state index contributed by atoms with van der Waals surface area (Å²) in [6, 6.07) is 21.7. The lowest BCUT2D eigenvalue weighted by Crippen LogP contribution is -2.54. The van der Waals surface area contributed by atoms with Crippen molar-refractivity contribution in [2.75, 3.05) is 24.2 Å². The highest BCUT2D eigenvalue weighted by Gasteiger charge is 2.33. The van der Waals surface area contributed by atoms with Crippen LogP contribution in [0.5, 0.6) is 5.75 Å².